The Morgan fingerprint density at radius 2 is 0.500 bits per heavy atom. The van der Waals surface area contributed by atoms with Crippen LogP contribution < -0.4 is 0 Å². The lowest BCUT2D eigenvalue weighted by atomic mass is 9.78. The summed E-state index contributed by atoms with van der Waals surface area (Å²) in [5, 5.41) is 33.2. The molecule has 0 heterocycles. The van der Waals surface area contributed by atoms with Gasteiger partial charge in [-0.1, -0.05) is 0 Å². The molecule has 0 aliphatic carbocycles. The van der Waals surface area contributed by atoms with Crippen molar-refractivity contribution in [2.75, 3.05) is 0 Å². The van der Waals surface area contributed by atoms with Crippen molar-refractivity contribution in [3.63, 3.8) is 0 Å². The lowest BCUT2D eigenvalue weighted by Crippen LogP contribution is -2.73. The Hall–Kier alpha value is -5.52. The molecule has 2 aromatic carbocycles. The molecule has 4 N–H and O–H groups in total. The Morgan fingerprint density at radius 1 is 0.309 bits per heavy atom. The summed E-state index contributed by atoms with van der Waals surface area (Å²) < 4.78 is 420. The molecular formula is C30H10F30O8. The van der Waals surface area contributed by atoms with Crippen molar-refractivity contribution in [2.45, 2.75) is 96.3 Å². The summed E-state index contributed by atoms with van der Waals surface area (Å²) in [5.41, 5.74) is -18.6. The zero-order chi connectivity index (χ0) is 54.8. The minimum Gasteiger partial charge on any atom is -0.478 e. The topological polar surface area (TPSA) is 149 Å². The van der Waals surface area contributed by atoms with E-state index in [2.05, 4.69) is 0 Å². The average molecular weight is 1070 g/mol. The number of aromatic carboxylic acids is 4. The van der Waals surface area contributed by atoms with Crippen molar-refractivity contribution < 1.29 is 171 Å². The van der Waals surface area contributed by atoms with E-state index in [4.69, 9.17) is 0 Å². The van der Waals surface area contributed by atoms with Gasteiger partial charge in [0.05, 0.1) is 22.3 Å². The maximum Gasteiger partial charge on any atom is 0.460 e. The number of rotatable bonds is 18. The van der Waals surface area contributed by atoms with Crippen molar-refractivity contribution in [3.05, 3.63) is 45.5 Å². The first-order valence-corrected chi connectivity index (χ1v) is 15.7. The first kappa shape index (κ1) is 58.6. The third kappa shape index (κ3) is 7.81. The SMILES string of the molecule is O=C(O)c1ccc(C(=O)O)c2c(C(=O)O)c(CC(F)(F)C(F)(F)C(F)(F)C(F)(F)C(F)(F)C(F)(F)C(F)(F)F)c(CC(F)(F)C(F)(F)C(F)(F)C(F)(F)C(F)(F)C(F)(F)C(F)(F)F)c(C(=O)O)c12. The standard InChI is InChI=1S/C30H10F30O8/c31-17(32,19(35,36)21(39,40)23(43,44)25(47,48)27(51,52)29(55,56)57)3-7-8(12(16(67)68)10-6(14(63)64)2-1-5(13(61)62)9(10)11(7)15(65)66)4-18(33,34)20(37,38)22(41,42)24(45,46)26(49,50)28(53,54)30(58,59)60/h1-2H,3-4H2,(H,61,62)(H,63,64)(H,65,66)(H,67,68). The van der Waals surface area contributed by atoms with Gasteiger partial charge in [-0.15, -0.1) is 0 Å². The second-order valence-corrected chi connectivity index (χ2v) is 13.3. The Morgan fingerprint density at radius 3 is 0.676 bits per heavy atom. The van der Waals surface area contributed by atoms with E-state index in [9.17, 15) is 154 Å². The number of carboxylic acids is 4. The molecule has 8 nitrogen and oxygen atoms in total. The maximum atomic E-state index is 15.4. The summed E-state index contributed by atoms with van der Waals surface area (Å²) in [7, 11) is 0. The molecule has 0 aliphatic heterocycles. The average Bonchev–Trinajstić information content (AvgIpc) is 3.11. The van der Waals surface area contributed by atoms with Crippen molar-refractivity contribution in [3.8, 4) is 0 Å². The van der Waals surface area contributed by atoms with Crippen LogP contribution in [0.15, 0.2) is 12.1 Å². The summed E-state index contributed by atoms with van der Waals surface area (Å²) in [6.45, 7) is 0. The molecule has 0 aliphatic rings. The maximum absolute atomic E-state index is 15.4. The van der Waals surface area contributed by atoms with Gasteiger partial charge >= 0.3 is 107 Å². The van der Waals surface area contributed by atoms with Gasteiger partial charge in [-0.2, -0.15) is 132 Å². The van der Waals surface area contributed by atoms with Crippen LogP contribution in [0, 0.1) is 0 Å². The number of carbonyl (C=O) groups is 4. The summed E-state index contributed by atoms with van der Waals surface area (Å²) >= 11 is 0. The van der Waals surface area contributed by atoms with Crippen LogP contribution in [0.25, 0.3) is 10.8 Å². The zero-order valence-corrected chi connectivity index (χ0v) is 30.3. The molecule has 0 fully saturated rings. The minimum absolute atomic E-state index is 0.373. The van der Waals surface area contributed by atoms with Gasteiger partial charge in [0.2, 0.25) is 0 Å². The lowest BCUT2D eigenvalue weighted by molar-refractivity contribution is -0.452. The summed E-state index contributed by atoms with van der Waals surface area (Å²) in [6, 6.07) is -0.745. The number of carboxylic acid groups (broad SMARTS) is 4. The second-order valence-electron chi connectivity index (χ2n) is 13.3. The van der Waals surface area contributed by atoms with Crippen molar-refractivity contribution in [2.24, 2.45) is 0 Å². The molecule has 38 heteroatoms. The Kier molecular flexibility index (Phi) is 13.8. The second kappa shape index (κ2) is 16.0. The van der Waals surface area contributed by atoms with E-state index in [1.165, 1.54) is 0 Å². The molecule has 0 aromatic heterocycles. The van der Waals surface area contributed by atoms with Crippen LogP contribution in [0.5, 0.6) is 0 Å². The highest BCUT2D eigenvalue weighted by molar-refractivity contribution is 6.23. The molecular weight excluding hydrogens is 1060 g/mol. The highest BCUT2D eigenvalue weighted by Crippen LogP contribution is 2.65. The fourth-order valence-corrected chi connectivity index (χ4v) is 5.61. The van der Waals surface area contributed by atoms with E-state index in [1.807, 2.05) is 0 Å². The third-order valence-corrected chi connectivity index (χ3v) is 9.14. The molecule has 0 spiro atoms. The van der Waals surface area contributed by atoms with Crippen molar-refractivity contribution in [1.29, 1.82) is 0 Å². The number of fused-ring (bicyclic) bond motifs is 1. The number of alkyl halides is 30. The Balaban J connectivity index is 3.45. The van der Waals surface area contributed by atoms with Gasteiger partial charge in [-0.25, -0.2) is 19.2 Å². The highest BCUT2D eigenvalue weighted by Gasteiger charge is 2.95. The van der Waals surface area contributed by atoms with Crippen LogP contribution in [0.2, 0.25) is 0 Å². The van der Waals surface area contributed by atoms with E-state index >= 15 is 17.6 Å². The predicted molar refractivity (Wildman–Crippen MR) is 151 cm³/mol. The molecule has 0 amide bonds. The highest BCUT2D eigenvalue weighted by atomic mass is 19.4. The largest absolute Gasteiger partial charge is 0.478 e. The number of hydrogen-bond acceptors (Lipinski definition) is 4. The Labute approximate surface area is 348 Å². The van der Waals surface area contributed by atoms with Crippen LogP contribution in [0.3, 0.4) is 0 Å². The molecule has 0 radical (unpaired) electrons. The summed E-state index contributed by atoms with van der Waals surface area (Å²) in [6.07, 6.45) is -26.0. The fraction of sp³-hybridized carbons (Fsp3) is 0.533. The fourth-order valence-electron chi connectivity index (χ4n) is 5.61. The molecule has 0 unspecified atom stereocenters. The Bertz CT molecular complexity index is 2220. The molecule has 0 saturated carbocycles. The van der Waals surface area contributed by atoms with E-state index in [1.54, 1.807) is 0 Å². The molecule has 0 bridgehead atoms. The van der Waals surface area contributed by atoms with Gasteiger partial charge in [0.25, 0.3) is 0 Å². The quantitative estimate of drug-likeness (QED) is 0.108. The normalized spacial score (nSPS) is 15.2. The van der Waals surface area contributed by atoms with E-state index in [0.717, 1.165) is 0 Å². The lowest BCUT2D eigenvalue weighted by Gasteiger charge is -2.42. The first-order valence-electron chi connectivity index (χ1n) is 15.7. The van der Waals surface area contributed by atoms with Gasteiger partial charge in [0.15, 0.2) is 0 Å². The van der Waals surface area contributed by atoms with E-state index in [0.29, 0.717) is 0 Å². The summed E-state index contributed by atoms with van der Waals surface area (Å²) in [4.78, 5) is 48.7. The number of halogens is 30. The van der Waals surface area contributed by atoms with Gasteiger partial charge < -0.3 is 20.4 Å². The number of hydrogen-bond donors (Lipinski definition) is 4. The van der Waals surface area contributed by atoms with Gasteiger partial charge in [-0.05, 0) is 23.3 Å². The monoisotopic (exact) mass is 1070 g/mol. The molecule has 68 heavy (non-hydrogen) atoms. The minimum atomic E-state index is -9.29. The van der Waals surface area contributed by atoms with Gasteiger partial charge in [-0.3, -0.25) is 0 Å². The van der Waals surface area contributed by atoms with E-state index < -0.39 is 164 Å². The zero-order valence-electron chi connectivity index (χ0n) is 30.3. The van der Waals surface area contributed by atoms with Crippen LogP contribution in [0.4, 0.5) is 132 Å². The van der Waals surface area contributed by atoms with Crippen molar-refractivity contribution >= 4 is 34.6 Å². The van der Waals surface area contributed by atoms with Crippen LogP contribution >= 0.6 is 0 Å². The molecule has 388 valence electrons. The molecule has 2 rings (SSSR count). The first-order chi connectivity index (χ1) is 29.5. The van der Waals surface area contributed by atoms with Crippen LogP contribution in [-0.2, 0) is 12.8 Å². The molecule has 2 aromatic rings. The summed E-state index contributed by atoms with van der Waals surface area (Å²) in [5.74, 6) is -120. The number of benzene rings is 2. The molecule has 0 saturated heterocycles. The predicted octanol–water partition coefficient (Wildman–Crippen LogP) is 11.5. The van der Waals surface area contributed by atoms with Crippen LogP contribution in [0.1, 0.15) is 52.6 Å². The van der Waals surface area contributed by atoms with E-state index in [-0.39, 0.29) is 12.1 Å². The van der Waals surface area contributed by atoms with Crippen molar-refractivity contribution in [1.82, 2.24) is 0 Å². The van der Waals surface area contributed by atoms with Gasteiger partial charge in [0, 0.05) is 23.6 Å². The smallest absolute Gasteiger partial charge is 0.460 e. The van der Waals surface area contributed by atoms with Gasteiger partial charge in [0.1, 0.15) is 0 Å². The van der Waals surface area contributed by atoms with Crippen LogP contribution in [-0.4, -0.2) is 128 Å². The third-order valence-electron chi connectivity index (χ3n) is 9.14. The molecule has 0 atom stereocenters.